The first-order valence-electron chi connectivity index (χ1n) is 6.91. The average Bonchev–Trinajstić information content (AvgIpc) is 2.75. The molecule has 0 fully saturated rings. The van der Waals surface area contributed by atoms with Gasteiger partial charge in [-0.25, -0.2) is 0 Å². The molecule has 108 valence electrons. The molecular weight excluding hydrogens is 318 g/mol. The molecule has 0 aliphatic heterocycles. The topological polar surface area (TPSA) is 50.9 Å². The van der Waals surface area contributed by atoms with Crippen LogP contribution >= 0.6 is 15.9 Å². The number of nitrogens with zero attached hydrogens (tertiary/aromatic N) is 3. The van der Waals surface area contributed by atoms with Gasteiger partial charge in [-0.05, 0) is 47.8 Å². The van der Waals surface area contributed by atoms with Crippen molar-refractivity contribution in [2.24, 2.45) is 0 Å². The number of aryl methyl sites for hydroxylation is 3. The molecule has 1 atom stereocenters. The van der Waals surface area contributed by atoms with E-state index in [1.54, 1.807) is 12.4 Å². The minimum atomic E-state index is -0.563. The van der Waals surface area contributed by atoms with Crippen LogP contribution in [0.4, 0.5) is 0 Å². The Bertz CT molecular complexity index is 595. The first-order valence-corrected chi connectivity index (χ1v) is 7.70. The zero-order valence-electron chi connectivity index (χ0n) is 12.1. The van der Waals surface area contributed by atoms with E-state index in [2.05, 4.69) is 39.9 Å². The van der Waals surface area contributed by atoms with Crippen molar-refractivity contribution in [2.45, 2.75) is 46.3 Å². The lowest BCUT2D eigenvalue weighted by Gasteiger charge is -2.14. The maximum Gasteiger partial charge on any atom is 0.0863 e. The van der Waals surface area contributed by atoms with E-state index in [4.69, 9.17) is 0 Å². The predicted molar refractivity (Wildman–Crippen MR) is 82.6 cm³/mol. The second-order valence-corrected chi connectivity index (χ2v) is 5.62. The molecule has 20 heavy (non-hydrogen) atoms. The van der Waals surface area contributed by atoms with Crippen molar-refractivity contribution in [1.29, 1.82) is 0 Å². The first kappa shape index (κ1) is 15.2. The summed E-state index contributed by atoms with van der Waals surface area (Å²) >= 11 is 3.61. The fourth-order valence-electron chi connectivity index (χ4n) is 2.33. The van der Waals surface area contributed by atoms with E-state index in [1.807, 2.05) is 17.7 Å². The van der Waals surface area contributed by atoms with Gasteiger partial charge in [0.05, 0.1) is 22.0 Å². The van der Waals surface area contributed by atoms with Crippen molar-refractivity contribution >= 4 is 15.9 Å². The van der Waals surface area contributed by atoms with E-state index >= 15 is 0 Å². The van der Waals surface area contributed by atoms with Crippen molar-refractivity contribution in [3.05, 3.63) is 45.4 Å². The summed E-state index contributed by atoms with van der Waals surface area (Å²) in [6.45, 7) is 6.93. The van der Waals surface area contributed by atoms with E-state index in [-0.39, 0.29) is 0 Å². The zero-order chi connectivity index (χ0) is 14.7. The summed E-state index contributed by atoms with van der Waals surface area (Å²) in [5.41, 5.74) is 4.01. The van der Waals surface area contributed by atoms with Gasteiger partial charge in [-0.3, -0.25) is 9.67 Å². The summed E-state index contributed by atoms with van der Waals surface area (Å²) < 4.78 is 2.97. The Balaban J connectivity index is 2.30. The van der Waals surface area contributed by atoms with Crippen LogP contribution in [0.15, 0.2) is 22.9 Å². The molecule has 1 unspecified atom stereocenters. The molecule has 0 bridgehead atoms. The van der Waals surface area contributed by atoms with E-state index in [9.17, 15) is 5.11 Å². The Morgan fingerprint density at radius 3 is 2.75 bits per heavy atom. The standard InChI is InChI=1S/C15H20BrN3O/c1-4-12-15(16)13(19(5-2)18-12)8-14(20)11-9-17-7-6-10(11)3/h6-7,9,14,20H,4-5,8H2,1-3H3. The summed E-state index contributed by atoms with van der Waals surface area (Å²) in [5, 5.41) is 15.0. The van der Waals surface area contributed by atoms with Gasteiger partial charge in [0.15, 0.2) is 0 Å². The van der Waals surface area contributed by atoms with E-state index in [0.717, 1.165) is 40.0 Å². The van der Waals surface area contributed by atoms with Crippen LogP contribution in [0, 0.1) is 6.92 Å². The molecule has 0 aliphatic carbocycles. The van der Waals surface area contributed by atoms with Gasteiger partial charge >= 0.3 is 0 Å². The molecule has 0 aliphatic rings. The molecule has 4 nitrogen and oxygen atoms in total. The highest BCUT2D eigenvalue weighted by Crippen LogP contribution is 2.28. The maximum atomic E-state index is 10.5. The average molecular weight is 338 g/mol. The molecule has 0 spiro atoms. The summed E-state index contributed by atoms with van der Waals surface area (Å²) in [6.07, 6.45) is 4.33. The Hall–Kier alpha value is -1.20. The predicted octanol–water partition coefficient (Wildman–Crippen LogP) is 3.21. The number of pyridine rings is 1. The SMILES string of the molecule is CCc1nn(CC)c(CC(O)c2cnccc2C)c1Br. The molecule has 2 heterocycles. The Morgan fingerprint density at radius 2 is 2.15 bits per heavy atom. The third-order valence-electron chi connectivity index (χ3n) is 3.52. The molecule has 0 saturated carbocycles. The largest absolute Gasteiger partial charge is 0.388 e. The fraction of sp³-hybridized carbons (Fsp3) is 0.467. The minimum Gasteiger partial charge on any atom is -0.388 e. The molecule has 2 aromatic rings. The summed E-state index contributed by atoms with van der Waals surface area (Å²) in [6, 6.07) is 1.92. The summed E-state index contributed by atoms with van der Waals surface area (Å²) in [7, 11) is 0. The molecule has 2 rings (SSSR count). The van der Waals surface area contributed by atoms with Crippen LogP contribution in [0.25, 0.3) is 0 Å². The number of halogens is 1. The summed E-state index contributed by atoms with van der Waals surface area (Å²) in [5.74, 6) is 0. The summed E-state index contributed by atoms with van der Waals surface area (Å²) in [4.78, 5) is 4.10. The van der Waals surface area contributed by atoms with E-state index in [0.29, 0.717) is 6.42 Å². The van der Waals surface area contributed by atoms with Crippen molar-refractivity contribution in [3.8, 4) is 0 Å². The number of rotatable bonds is 5. The third-order valence-corrected chi connectivity index (χ3v) is 4.43. The molecule has 2 aromatic heterocycles. The lowest BCUT2D eigenvalue weighted by atomic mass is 10.0. The second-order valence-electron chi connectivity index (χ2n) is 4.83. The van der Waals surface area contributed by atoms with Gasteiger partial charge in [-0.2, -0.15) is 5.10 Å². The molecule has 0 saturated heterocycles. The lowest BCUT2D eigenvalue weighted by Crippen LogP contribution is -2.10. The molecule has 0 aromatic carbocycles. The van der Waals surface area contributed by atoms with Gasteiger partial charge in [0.1, 0.15) is 0 Å². The maximum absolute atomic E-state index is 10.5. The number of aliphatic hydroxyl groups is 1. The number of aliphatic hydroxyl groups excluding tert-OH is 1. The Morgan fingerprint density at radius 1 is 1.40 bits per heavy atom. The van der Waals surface area contributed by atoms with Crippen LogP contribution in [0.3, 0.4) is 0 Å². The highest BCUT2D eigenvalue weighted by molar-refractivity contribution is 9.10. The van der Waals surface area contributed by atoms with Crippen LogP contribution in [0.1, 0.15) is 42.5 Å². The van der Waals surface area contributed by atoms with Crippen LogP contribution < -0.4 is 0 Å². The first-order chi connectivity index (χ1) is 9.58. The molecule has 5 heteroatoms. The van der Waals surface area contributed by atoms with Crippen LogP contribution in [0.2, 0.25) is 0 Å². The van der Waals surface area contributed by atoms with E-state index < -0.39 is 6.10 Å². The number of hydrogen-bond acceptors (Lipinski definition) is 3. The Labute approximate surface area is 128 Å². The molecular formula is C15H20BrN3O. The smallest absolute Gasteiger partial charge is 0.0863 e. The monoisotopic (exact) mass is 337 g/mol. The van der Waals surface area contributed by atoms with Crippen LogP contribution in [0.5, 0.6) is 0 Å². The molecule has 1 N–H and O–H groups in total. The molecule has 0 radical (unpaired) electrons. The van der Waals surface area contributed by atoms with Crippen LogP contribution in [-0.2, 0) is 19.4 Å². The van der Waals surface area contributed by atoms with E-state index in [1.165, 1.54) is 0 Å². The van der Waals surface area contributed by atoms with Crippen molar-refractivity contribution in [3.63, 3.8) is 0 Å². The molecule has 0 amide bonds. The van der Waals surface area contributed by atoms with Gasteiger partial charge in [0, 0.05) is 30.9 Å². The third kappa shape index (κ3) is 2.94. The van der Waals surface area contributed by atoms with Crippen molar-refractivity contribution in [1.82, 2.24) is 14.8 Å². The van der Waals surface area contributed by atoms with Gasteiger partial charge in [-0.15, -0.1) is 0 Å². The van der Waals surface area contributed by atoms with Gasteiger partial charge in [0.25, 0.3) is 0 Å². The Kier molecular flexibility index (Phi) is 4.94. The number of hydrogen-bond donors (Lipinski definition) is 1. The van der Waals surface area contributed by atoms with Gasteiger partial charge < -0.3 is 5.11 Å². The quantitative estimate of drug-likeness (QED) is 0.911. The highest BCUT2D eigenvalue weighted by Gasteiger charge is 2.19. The zero-order valence-corrected chi connectivity index (χ0v) is 13.7. The fourth-order valence-corrected chi connectivity index (χ4v) is 3.06. The van der Waals surface area contributed by atoms with Gasteiger partial charge in [0.2, 0.25) is 0 Å². The highest BCUT2D eigenvalue weighted by atomic mass is 79.9. The lowest BCUT2D eigenvalue weighted by molar-refractivity contribution is 0.174. The van der Waals surface area contributed by atoms with Crippen LogP contribution in [-0.4, -0.2) is 19.9 Å². The minimum absolute atomic E-state index is 0.536. The normalized spacial score (nSPS) is 12.7. The number of aromatic nitrogens is 3. The second kappa shape index (κ2) is 6.50. The van der Waals surface area contributed by atoms with Gasteiger partial charge in [-0.1, -0.05) is 6.92 Å². The van der Waals surface area contributed by atoms with Crippen molar-refractivity contribution < 1.29 is 5.11 Å². The van der Waals surface area contributed by atoms with Crippen molar-refractivity contribution in [2.75, 3.05) is 0 Å².